The van der Waals surface area contributed by atoms with Gasteiger partial charge in [-0.1, -0.05) is 12.1 Å². The van der Waals surface area contributed by atoms with Gasteiger partial charge in [0.05, 0.1) is 19.2 Å². The van der Waals surface area contributed by atoms with E-state index in [1.807, 2.05) is 0 Å². The number of carbonyl (C=O) groups is 2. The lowest BCUT2D eigenvalue weighted by Gasteiger charge is -2.22. The molecule has 2 atom stereocenters. The van der Waals surface area contributed by atoms with Gasteiger partial charge in [-0.05, 0) is 32.0 Å². The van der Waals surface area contributed by atoms with E-state index in [9.17, 15) is 14.0 Å². The number of para-hydroxylation sites is 1. The molecule has 0 bridgehead atoms. The zero-order chi connectivity index (χ0) is 18.8. The number of amides is 1. The first-order valence-electron chi connectivity index (χ1n) is 8.27. The Kier molecular flexibility index (Phi) is 4.97. The van der Waals surface area contributed by atoms with Crippen molar-refractivity contribution in [1.29, 1.82) is 0 Å². The quantitative estimate of drug-likeness (QED) is 0.784. The van der Waals surface area contributed by atoms with E-state index in [0.29, 0.717) is 17.1 Å². The molecule has 0 spiro atoms. The highest BCUT2D eigenvalue weighted by atomic mass is 19.1. The maximum absolute atomic E-state index is 13.8. The third kappa shape index (κ3) is 3.42. The van der Waals surface area contributed by atoms with Gasteiger partial charge in [0.25, 0.3) is 5.91 Å². The van der Waals surface area contributed by atoms with Crippen molar-refractivity contribution in [2.45, 2.75) is 32.4 Å². The van der Waals surface area contributed by atoms with E-state index >= 15 is 0 Å². The number of likely N-dealkylation sites (tertiary alicyclic amines) is 1. The maximum atomic E-state index is 13.8. The minimum Gasteiger partial charge on any atom is -0.485 e. The van der Waals surface area contributed by atoms with Crippen LogP contribution < -0.4 is 4.74 Å². The lowest BCUT2D eigenvalue weighted by atomic mass is 10.1. The van der Waals surface area contributed by atoms with Crippen LogP contribution in [0.15, 0.2) is 34.7 Å². The Hall–Kier alpha value is -2.83. The molecule has 1 aliphatic rings. The highest BCUT2D eigenvalue weighted by Gasteiger charge is 2.42. The van der Waals surface area contributed by atoms with Gasteiger partial charge >= 0.3 is 5.97 Å². The molecule has 2 heterocycles. The molecule has 3 rings (SSSR count). The molecule has 0 aliphatic carbocycles. The lowest BCUT2D eigenvalue weighted by molar-refractivity contribution is -0.145. The van der Waals surface area contributed by atoms with Crippen molar-refractivity contribution >= 4 is 11.9 Å². The van der Waals surface area contributed by atoms with Crippen LogP contribution in [0.4, 0.5) is 4.39 Å². The molecule has 138 valence electrons. The Morgan fingerprint density at radius 3 is 2.62 bits per heavy atom. The number of furan rings is 1. The van der Waals surface area contributed by atoms with Crippen LogP contribution in [0.1, 0.15) is 28.3 Å². The summed E-state index contributed by atoms with van der Waals surface area (Å²) in [5, 5.41) is 0. The summed E-state index contributed by atoms with van der Waals surface area (Å²) >= 11 is 0. The van der Waals surface area contributed by atoms with E-state index in [2.05, 4.69) is 0 Å². The summed E-state index contributed by atoms with van der Waals surface area (Å²) in [6, 6.07) is 6.87. The van der Waals surface area contributed by atoms with Crippen LogP contribution >= 0.6 is 0 Å². The predicted molar refractivity (Wildman–Crippen MR) is 90.5 cm³/mol. The average Bonchev–Trinajstić information content (AvgIpc) is 3.18. The number of ether oxygens (including phenoxy) is 2. The Balaban J connectivity index is 1.83. The van der Waals surface area contributed by atoms with E-state index < -0.39 is 23.9 Å². The van der Waals surface area contributed by atoms with Gasteiger partial charge in [0, 0.05) is 6.42 Å². The number of aryl methyl sites for hydroxylation is 2. The number of rotatable bonds is 4. The molecule has 0 N–H and O–H groups in total. The zero-order valence-electron chi connectivity index (χ0n) is 14.8. The first-order chi connectivity index (χ1) is 12.4. The van der Waals surface area contributed by atoms with Crippen molar-refractivity contribution in [2.24, 2.45) is 0 Å². The molecule has 1 aromatic heterocycles. The predicted octanol–water partition coefficient (Wildman–Crippen LogP) is 2.87. The van der Waals surface area contributed by atoms with Crippen molar-refractivity contribution in [3.05, 3.63) is 53.2 Å². The van der Waals surface area contributed by atoms with Crippen LogP contribution in [0, 0.1) is 19.7 Å². The summed E-state index contributed by atoms with van der Waals surface area (Å²) in [6.45, 7) is 3.59. The summed E-state index contributed by atoms with van der Waals surface area (Å²) in [4.78, 5) is 26.4. The maximum Gasteiger partial charge on any atom is 0.328 e. The SMILES string of the molecule is COC(=O)[C@@H]1C[C@@H](Oc2ccccc2F)CN1C(=O)c1cc(C)oc1C. The van der Waals surface area contributed by atoms with E-state index in [1.54, 1.807) is 32.0 Å². The van der Waals surface area contributed by atoms with Gasteiger partial charge in [0.1, 0.15) is 23.7 Å². The van der Waals surface area contributed by atoms with E-state index in [4.69, 9.17) is 13.9 Å². The van der Waals surface area contributed by atoms with Crippen molar-refractivity contribution in [1.82, 2.24) is 4.90 Å². The van der Waals surface area contributed by atoms with E-state index in [0.717, 1.165) is 0 Å². The van der Waals surface area contributed by atoms with Gasteiger partial charge in [0.15, 0.2) is 11.6 Å². The monoisotopic (exact) mass is 361 g/mol. The number of carbonyl (C=O) groups excluding carboxylic acids is 2. The molecule has 1 saturated heterocycles. The fourth-order valence-corrected chi connectivity index (χ4v) is 3.18. The number of esters is 1. The number of methoxy groups -OCH3 is 1. The second kappa shape index (κ2) is 7.19. The highest BCUT2D eigenvalue weighted by molar-refractivity contribution is 5.98. The average molecular weight is 361 g/mol. The molecule has 2 aromatic rings. The Labute approximate surface area is 150 Å². The molecular formula is C19H20FNO5. The molecule has 0 saturated carbocycles. The Bertz CT molecular complexity index is 831. The van der Waals surface area contributed by atoms with Crippen LogP contribution in [0.2, 0.25) is 0 Å². The van der Waals surface area contributed by atoms with Gasteiger partial charge in [-0.2, -0.15) is 0 Å². The molecule has 1 fully saturated rings. The highest BCUT2D eigenvalue weighted by Crippen LogP contribution is 2.28. The van der Waals surface area contributed by atoms with Gasteiger partial charge in [-0.15, -0.1) is 0 Å². The van der Waals surface area contributed by atoms with Crippen molar-refractivity contribution in [2.75, 3.05) is 13.7 Å². The fourth-order valence-electron chi connectivity index (χ4n) is 3.18. The number of benzene rings is 1. The molecule has 0 radical (unpaired) electrons. The van der Waals surface area contributed by atoms with E-state index in [-0.39, 0.29) is 24.6 Å². The molecule has 0 unspecified atom stereocenters. The van der Waals surface area contributed by atoms with Gasteiger partial charge in [-0.25, -0.2) is 9.18 Å². The second-order valence-electron chi connectivity index (χ2n) is 6.23. The normalized spacial score (nSPS) is 19.5. The summed E-state index contributed by atoms with van der Waals surface area (Å²) in [7, 11) is 1.27. The van der Waals surface area contributed by atoms with Gasteiger partial charge in [-0.3, -0.25) is 4.79 Å². The molecule has 7 heteroatoms. The van der Waals surface area contributed by atoms with Crippen LogP contribution in [0.5, 0.6) is 5.75 Å². The molecule has 26 heavy (non-hydrogen) atoms. The van der Waals surface area contributed by atoms with Crippen LogP contribution in [-0.4, -0.2) is 42.6 Å². The fraction of sp³-hybridized carbons (Fsp3) is 0.368. The number of hydrogen-bond donors (Lipinski definition) is 0. The third-order valence-electron chi connectivity index (χ3n) is 4.40. The lowest BCUT2D eigenvalue weighted by Crippen LogP contribution is -2.41. The van der Waals surface area contributed by atoms with Gasteiger partial charge < -0.3 is 18.8 Å². The van der Waals surface area contributed by atoms with Crippen LogP contribution in [-0.2, 0) is 9.53 Å². The first-order valence-corrected chi connectivity index (χ1v) is 8.27. The third-order valence-corrected chi connectivity index (χ3v) is 4.40. The summed E-state index contributed by atoms with van der Waals surface area (Å²) < 4.78 is 29.7. The largest absolute Gasteiger partial charge is 0.485 e. The van der Waals surface area contributed by atoms with Crippen molar-refractivity contribution in [3.8, 4) is 5.75 Å². The summed E-state index contributed by atoms with van der Waals surface area (Å²) in [5.74, 6) is -0.183. The molecular weight excluding hydrogens is 341 g/mol. The minimum absolute atomic E-state index is 0.0887. The standard InChI is InChI=1S/C19H20FNO5/c1-11-8-14(12(2)25-11)18(22)21-10-13(9-16(21)19(23)24-3)26-17-7-5-4-6-15(17)20/h4-8,13,16H,9-10H2,1-3H3/t13-,16+/m1/s1. The van der Waals surface area contributed by atoms with Gasteiger partial charge in [0.2, 0.25) is 0 Å². The number of nitrogens with zero attached hydrogens (tertiary/aromatic N) is 1. The molecule has 6 nitrogen and oxygen atoms in total. The Morgan fingerprint density at radius 2 is 2.00 bits per heavy atom. The number of hydrogen-bond acceptors (Lipinski definition) is 5. The van der Waals surface area contributed by atoms with Crippen molar-refractivity contribution in [3.63, 3.8) is 0 Å². The number of halogens is 1. The first kappa shape index (κ1) is 18.0. The van der Waals surface area contributed by atoms with E-state index in [1.165, 1.54) is 24.1 Å². The topological polar surface area (TPSA) is 69.0 Å². The molecule has 1 aromatic carbocycles. The molecule has 1 aliphatic heterocycles. The smallest absolute Gasteiger partial charge is 0.328 e. The minimum atomic E-state index is -0.793. The van der Waals surface area contributed by atoms with Crippen LogP contribution in [0.25, 0.3) is 0 Å². The summed E-state index contributed by atoms with van der Waals surface area (Å²) in [6.07, 6.45) is -0.295. The zero-order valence-corrected chi connectivity index (χ0v) is 14.8. The summed E-state index contributed by atoms with van der Waals surface area (Å²) in [5.41, 5.74) is 0.392. The molecule has 1 amide bonds. The Morgan fingerprint density at radius 1 is 1.27 bits per heavy atom. The van der Waals surface area contributed by atoms with Crippen molar-refractivity contribution < 1.29 is 27.9 Å². The van der Waals surface area contributed by atoms with Crippen LogP contribution in [0.3, 0.4) is 0 Å². The second-order valence-corrected chi connectivity index (χ2v) is 6.23.